The van der Waals surface area contributed by atoms with Crippen LogP contribution in [0.25, 0.3) is 0 Å². The third-order valence-electron chi connectivity index (χ3n) is 3.55. The molecule has 21 heavy (non-hydrogen) atoms. The molecule has 1 aliphatic heterocycles. The molecule has 0 aromatic heterocycles. The van der Waals surface area contributed by atoms with Crippen LogP contribution in [0.15, 0.2) is 18.2 Å². The van der Waals surface area contributed by atoms with E-state index in [4.69, 9.17) is 22.1 Å². The molecule has 2 N–H and O–H groups in total. The van der Waals surface area contributed by atoms with E-state index < -0.39 is 0 Å². The number of hydrogen-bond donors (Lipinski definition) is 1. The van der Waals surface area contributed by atoms with Crippen molar-refractivity contribution in [3.63, 3.8) is 0 Å². The van der Waals surface area contributed by atoms with E-state index in [0.717, 1.165) is 12.8 Å². The second-order valence-corrected chi connectivity index (χ2v) is 5.49. The average Bonchev–Trinajstić information content (AvgIpc) is 2.47. The third kappa shape index (κ3) is 3.67. The number of anilines is 1. The Hall–Kier alpha value is -1.75. The van der Waals surface area contributed by atoms with Gasteiger partial charge in [0.15, 0.2) is 0 Å². The van der Waals surface area contributed by atoms with Gasteiger partial charge in [0.2, 0.25) is 0 Å². The van der Waals surface area contributed by atoms with Crippen LogP contribution in [0.1, 0.15) is 30.1 Å². The molecular weight excluding hydrogens is 292 g/mol. The van der Waals surface area contributed by atoms with Crippen LogP contribution in [0.5, 0.6) is 0 Å². The molecule has 1 amide bonds. The molecule has 0 bridgehead atoms. The van der Waals surface area contributed by atoms with Gasteiger partial charge in [0.1, 0.15) is 0 Å². The molecule has 1 aromatic carbocycles. The van der Waals surface area contributed by atoms with Crippen LogP contribution in [-0.2, 0) is 9.53 Å². The van der Waals surface area contributed by atoms with Gasteiger partial charge in [0, 0.05) is 18.8 Å². The standard InChI is InChI=1S/C15H19ClN2O3/c1-2-21-15(20)10-4-3-7-18(9-10)14(19)12-6-5-11(17)8-13(12)16/h5-6,8,10H,2-4,7,9,17H2,1H3. The second kappa shape index (κ2) is 6.80. The number of carbonyl (C=O) groups excluding carboxylic acids is 2. The third-order valence-corrected chi connectivity index (χ3v) is 3.86. The van der Waals surface area contributed by atoms with Gasteiger partial charge in [-0.05, 0) is 38.0 Å². The van der Waals surface area contributed by atoms with Crippen LogP contribution in [0, 0.1) is 5.92 Å². The summed E-state index contributed by atoms with van der Waals surface area (Å²) in [5.74, 6) is -0.664. The van der Waals surface area contributed by atoms with Crippen molar-refractivity contribution < 1.29 is 14.3 Å². The second-order valence-electron chi connectivity index (χ2n) is 5.08. The van der Waals surface area contributed by atoms with Crippen molar-refractivity contribution in [2.24, 2.45) is 5.92 Å². The normalized spacial score (nSPS) is 18.4. The fraction of sp³-hybridized carbons (Fsp3) is 0.467. The largest absolute Gasteiger partial charge is 0.466 e. The van der Waals surface area contributed by atoms with Crippen LogP contribution in [0.2, 0.25) is 5.02 Å². The van der Waals surface area contributed by atoms with Crippen LogP contribution < -0.4 is 5.73 Å². The number of rotatable bonds is 3. The number of nitrogens with zero attached hydrogens (tertiary/aromatic N) is 1. The topological polar surface area (TPSA) is 72.6 Å². The smallest absolute Gasteiger partial charge is 0.310 e. The number of piperidine rings is 1. The average molecular weight is 311 g/mol. The molecule has 1 heterocycles. The first kappa shape index (κ1) is 15.6. The number of ether oxygens (including phenoxy) is 1. The Kier molecular flexibility index (Phi) is 5.07. The SMILES string of the molecule is CCOC(=O)C1CCCN(C(=O)c2ccc(N)cc2Cl)C1. The number of benzene rings is 1. The lowest BCUT2D eigenvalue weighted by Gasteiger charge is -2.31. The summed E-state index contributed by atoms with van der Waals surface area (Å²) in [5, 5.41) is 0.332. The summed E-state index contributed by atoms with van der Waals surface area (Å²) in [4.78, 5) is 26.0. The Morgan fingerprint density at radius 3 is 2.90 bits per heavy atom. The van der Waals surface area contributed by atoms with E-state index >= 15 is 0 Å². The lowest BCUT2D eigenvalue weighted by atomic mass is 9.97. The number of amides is 1. The van der Waals surface area contributed by atoms with E-state index in [1.54, 1.807) is 30.0 Å². The Bertz CT molecular complexity index is 548. The minimum absolute atomic E-state index is 0.172. The number of nitrogen functional groups attached to an aromatic ring is 1. The summed E-state index contributed by atoms with van der Waals surface area (Å²) < 4.78 is 5.04. The van der Waals surface area contributed by atoms with Gasteiger partial charge < -0.3 is 15.4 Å². The zero-order chi connectivity index (χ0) is 15.4. The lowest BCUT2D eigenvalue weighted by molar-refractivity contribution is -0.149. The van der Waals surface area contributed by atoms with Gasteiger partial charge in [-0.25, -0.2) is 0 Å². The Morgan fingerprint density at radius 1 is 1.48 bits per heavy atom. The van der Waals surface area contributed by atoms with Gasteiger partial charge in [-0.1, -0.05) is 11.6 Å². The summed E-state index contributed by atoms with van der Waals surface area (Å²) in [6, 6.07) is 4.82. The molecule has 0 spiro atoms. The molecule has 0 aliphatic carbocycles. The Balaban J connectivity index is 2.10. The van der Waals surface area contributed by atoms with E-state index in [1.807, 2.05) is 0 Å². The van der Waals surface area contributed by atoms with Crippen molar-refractivity contribution in [3.8, 4) is 0 Å². The van der Waals surface area contributed by atoms with Crippen molar-refractivity contribution >= 4 is 29.2 Å². The van der Waals surface area contributed by atoms with Gasteiger partial charge >= 0.3 is 5.97 Å². The maximum absolute atomic E-state index is 12.5. The number of likely N-dealkylation sites (tertiary alicyclic amines) is 1. The lowest BCUT2D eigenvalue weighted by Crippen LogP contribution is -2.42. The molecule has 2 rings (SSSR count). The molecule has 0 radical (unpaired) electrons. The van der Waals surface area contributed by atoms with Crippen molar-refractivity contribution in [1.82, 2.24) is 4.90 Å². The van der Waals surface area contributed by atoms with Gasteiger partial charge in [-0.2, -0.15) is 0 Å². The highest BCUT2D eigenvalue weighted by atomic mass is 35.5. The Morgan fingerprint density at radius 2 is 2.24 bits per heavy atom. The molecule has 1 aliphatic rings. The molecule has 1 fully saturated rings. The highest BCUT2D eigenvalue weighted by molar-refractivity contribution is 6.34. The molecule has 1 aromatic rings. The molecule has 0 saturated carbocycles. The van der Waals surface area contributed by atoms with Crippen molar-refractivity contribution in [3.05, 3.63) is 28.8 Å². The molecule has 1 unspecified atom stereocenters. The molecule has 1 saturated heterocycles. The summed E-state index contributed by atoms with van der Waals surface area (Å²) in [6.07, 6.45) is 1.53. The molecule has 114 valence electrons. The van der Waals surface area contributed by atoms with E-state index in [2.05, 4.69) is 0 Å². The van der Waals surface area contributed by atoms with Crippen LogP contribution in [0.4, 0.5) is 5.69 Å². The summed E-state index contributed by atoms with van der Waals surface area (Å²) in [7, 11) is 0. The highest BCUT2D eigenvalue weighted by Gasteiger charge is 2.30. The van der Waals surface area contributed by atoms with Crippen LogP contribution >= 0.6 is 11.6 Å². The number of halogens is 1. The van der Waals surface area contributed by atoms with Gasteiger partial charge in [0.05, 0.1) is 23.1 Å². The van der Waals surface area contributed by atoms with Gasteiger partial charge in [-0.15, -0.1) is 0 Å². The van der Waals surface area contributed by atoms with E-state index in [0.29, 0.717) is 36.0 Å². The predicted molar refractivity (Wildman–Crippen MR) is 81.1 cm³/mol. The number of carbonyl (C=O) groups is 2. The van der Waals surface area contributed by atoms with E-state index in [1.165, 1.54) is 0 Å². The molecule has 6 heteroatoms. The zero-order valence-corrected chi connectivity index (χ0v) is 12.7. The minimum atomic E-state index is -0.254. The zero-order valence-electron chi connectivity index (χ0n) is 12.0. The van der Waals surface area contributed by atoms with Crippen LogP contribution in [-0.4, -0.2) is 36.5 Å². The fourth-order valence-corrected chi connectivity index (χ4v) is 2.76. The first-order valence-electron chi connectivity index (χ1n) is 7.04. The van der Waals surface area contributed by atoms with Gasteiger partial charge in [-0.3, -0.25) is 9.59 Å². The summed E-state index contributed by atoms with van der Waals surface area (Å²) in [6.45, 7) is 3.12. The van der Waals surface area contributed by atoms with Crippen molar-refractivity contribution in [2.45, 2.75) is 19.8 Å². The monoisotopic (exact) mass is 310 g/mol. The fourth-order valence-electron chi connectivity index (χ4n) is 2.49. The van der Waals surface area contributed by atoms with Crippen molar-refractivity contribution in [1.29, 1.82) is 0 Å². The van der Waals surface area contributed by atoms with Crippen molar-refractivity contribution in [2.75, 3.05) is 25.4 Å². The van der Waals surface area contributed by atoms with E-state index in [9.17, 15) is 9.59 Å². The highest BCUT2D eigenvalue weighted by Crippen LogP contribution is 2.24. The molecule has 5 nitrogen and oxygen atoms in total. The number of esters is 1. The summed E-state index contributed by atoms with van der Waals surface area (Å²) >= 11 is 6.07. The Labute approximate surface area is 129 Å². The quantitative estimate of drug-likeness (QED) is 0.687. The molecule has 1 atom stereocenters. The van der Waals surface area contributed by atoms with E-state index in [-0.39, 0.29) is 17.8 Å². The molecular formula is C15H19ClN2O3. The minimum Gasteiger partial charge on any atom is -0.466 e. The van der Waals surface area contributed by atoms with Crippen LogP contribution in [0.3, 0.4) is 0 Å². The first-order valence-corrected chi connectivity index (χ1v) is 7.41. The maximum Gasteiger partial charge on any atom is 0.310 e. The predicted octanol–water partition coefficient (Wildman–Crippen LogP) is 2.34. The van der Waals surface area contributed by atoms with Gasteiger partial charge in [0.25, 0.3) is 5.91 Å². The summed E-state index contributed by atoms with van der Waals surface area (Å²) in [5.41, 5.74) is 6.56. The number of nitrogens with two attached hydrogens (primary N) is 1. The first-order chi connectivity index (χ1) is 10.0. The number of hydrogen-bond acceptors (Lipinski definition) is 4. The maximum atomic E-state index is 12.5.